The number of nitrogens with one attached hydrogen (secondary N) is 1. The minimum absolute atomic E-state index is 0.000349. The Bertz CT molecular complexity index is 897. The molecule has 3 aromatic rings. The molecule has 2 aromatic carbocycles. The molecule has 0 amide bonds. The Morgan fingerprint density at radius 2 is 1.96 bits per heavy atom. The number of anilines is 1. The number of rotatable bonds is 3. The van der Waals surface area contributed by atoms with Crippen LogP contribution in [0.15, 0.2) is 53.7 Å². The van der Waals surface area contributed by atoms with Crippen LogP contribution in [0.3, 0.4) is 0 Å². The van der Waals surface area contributed by atoms with Gasteiger partial charge in [0, 0.05) is 10.0 Å². The summed E-state index contributed by atoms with van der Waals surface area (Å²) in [7, 11) is 0. The standard InChI is InChI=1S/C18H16Cl2N4S/c1-25-18-22-17-21-15(11-5-3-2-4-6-11)10-16(24(17)23-18)13-8-7-12(19)9-14(13)20/h2-9,15-16H,10H2,1H3,(H,21,22,23)/t15-,16+/m0/s1. The lowest BCUT2D eigenvalue weighted by Gasteiger charge is -2.32. The number of thioether (sulfide) groups is 1. The lowest BCUT2D eigenvalue weighted by atomic mass is 9.93. The summed E-state index contributed by atoms with van der Waals surface area (Å²) in [6.07, 6.45) is 2.80. The summed E-state index contributed by atoms with van der Waals surface area (Å²) < 4.78 is 1.93. The molecular weight excluding hydrogens is 375 g/mol. The van der Waals surface area contributed by atoms with E-state index in [9.17, 15) is 0 Å². The molecule has 1 N–H and O–H groups in total. The molecule has 0 fully saturated rings. The normalized spacial score (nSPS) is 19.3. The van der Waals surface area contributed by atoms with Crippen LogP contribution in [0.1, 0.15) is 29.6 Å². The number of fused-ring (bicyclic) bond motifs is 1. The maximum Gasteiger partial charge on any atom is 0.223 e. The van der Waals surface area contributed by atoms with Crippen molar-refractivity contribution in [2.24, 2.45) is 0 Å². The van der Waals surface area contributed by atoms with Crippen molar-refractivity contribution in [1.29, 1.82) is 0 Å². The fourth-order valence-corrected chi connectivity index (χ4v) is 4.06. The smallest absolute Gasteiger partial charge is 0.223 e. The Labute approximate surface area is 160 Å². The summed E-state index contributed by atoms with van der Waals surface area (Å²) in [5.41, 5.74) is 2.23. The van der Waals surface area contributed by atoms with Crippen LogP contribution < -0.4 is 5.32 Å². The highest BCUT2D eigenvalue weighted by atomic mass is 35.5. The van der Waals surface area contributed by atoms with E-state index in [4.69, 9.17) is 23.2 Å². The van der Waals surface area contributed by atoms with Gasteiger partial charge in [0.25, 0.3) is 0 Å². The average Bonchev–Trinajstić information content (AvgIpc) is 3.05. The van der Waals surface area contributed by atoms with Gasteiger partial charge in [0.1, 0.15) is 0 Å². The van der Waals surface area contributed by atoms with E-state index in [1.165, 1.54) is 17.3 Å². The summed E-state index contributed by atoms with van der Waals surface area (Å²) in [6, 6.07) is 16.1. The van der Waals surface area contributed by atoms with Crippen molar-refractivity contribution in [3.63, 3.8) is 0 Å². The Kier molecular flexibility index (Phi) is 4.63. The van der Waals surface area contributed by atoms with Crippen molar-refractivity contribution in [2.45, 2.75) is 23.7 Å². The van der Waals surface area contributed by atoms with Crippen molar-refractivity contribution < 1.29 is 0 Å². The number of aromatic nitrogens is 3. The second-order valence-corrected chi connectivity index (χ2v) is 7.51. The topological polar surface area (TPSA) is 42.7 Å². The van der Waals surface area contributed by atoms with Crippen molar-refractivity contribution in [1.82, 2.24) is 14.8 Å². The second-order valence-electron chi connectivity index (χ2n) is 5.89. The van der Waals surface area contributed by atoms with Gasteiger partial charge in [0.05, 0.1) is 12.1 Å². The predicted octanol–water partition coefficient (Wildman–Crippen LogP) is 5.45. The van der Waals surface area contributed by atoms with E-state index < -0.39 is 0 Å². The van der Waals surface area contributed by atoms with E-state index >= 15 is 0 Å². The highest BCUT2D eigenvalue weighted by Gasteiger charge is 2.32. The molecule has 1 aromatic heterocycles. The van der Waals surface area contributed by atoms with Gasteiger partial charge < -0.3 is 5.32 Å². The van der Waals surface area contributed by atoms with E-state index in [0.717, 1.165) is 23.1 Å². The van der Waals surface area contributed by atoms with E-state index in [1.807, 2.05) is 41.3 Å². The third-order valence-electron chi connectivity index (χ3n) is 4.38. The minimum Gasteiger partial charge on any atom is -0.347 e. The molecular formula is C18H16Cl2N4S. The van der Waals surface area contributed by atoms with Gasteiger partial charge in [-0.1, -0.05) is 71.4 Å². The maximum absolute atomic E-state index is 6.49. The zero-order chi connectivity index (χ0) is 17.4. The first-order valence-electron chi connectivity index (χ1n) is 7.92. The number of hydrogen-bond donors (Lipinski definition) is 1. The Hall–Kier alpha value is -1.69. The molecule has 0 radical (unpaired) electrons. The van der Waals surface area contributed by atoms with Gasteiger partial charge in [0.15, 0.2) is 0 Å². The molecule has 2 heterocycles. The molecule has 0 aliphatic carbocycles. The fraction of sp³-hybridized carbons (Fsp3) is 0.222. The molecule has 4 rings (SSSR count). The molecule has 0 saturated heterocycles. The van der Waals surface area contributed by atoms with Gasteiger partial charge in [-0.15, -0.1) is 5.10 Å². The molecule has 7 heteroatoms. The van der Waals surface area contributed by atoms with Gasteiger partial charge in [0.2, 0.25) is 11.1 Å². The molecule has 0 saturated carbocycles. The molecule has 4 nitrogen and oxygen atoms in total. The SMILES string of the molecule is CSc1nc2n(n1)[C@@H](c1ccc(Cl)cc1Cl)C[C@@H](c1ccccc1)N2. The van der Waals surface area contributed by atoms with Crippen molar-refractivity contribution >= 4 is 40.9 Å². The Morgan fingerprint density at radius 3 is 2.68 bits per heavy atom. The summed E-state index contributed by atoms with van der Waals surface area (Å²) in [6.45, 7) is 0. The van der Waals surface area contributed by atoms with Crippen LogP contribution in [0.5, 0.6) is 0 Å². The molecule has 2 atom stereocenters. The number of halogens is 2. The van der Waals surface area contributed by atoms with Crippen molar-refractivity contribution in [3.8, 4) is 0 Å². The van der Waals surface area contributed by atoms with Crippen molar-refractivity contribution in [3.05, 3.63) is 69.7 Å². The third-order valence-corrected chi connectivity index (χ3v) is 5.48. The van der Waals surface area contributed by atoms with Crippen LogP contribution in [0, 0.1) is 0 Å². The van der Waals surface area contributed by atoms with Crippen LogP contribution in [0.4, 0.5) is 5.95 Å². The van der Waals surface area contributed by atoms with Gasteiger partial charge in [-0.05, 0) is 35.9 Å². The van der Waals surface area contributed by atoms with E-state index in [0.29, 0.717) is 10.0 Å². The first-order valence-corrected chi connectivity index (χ1v) is 9.90. The van der Waals surface area contributed by atoms with E-state index in [2.05, 4.69) is 27.5 Å². The van der Waals surface area contributed by atoms with Crippen LogP contribution in [0.25, 0.3) is 0 Å². The quantitative estimate of drug-likeness (QED) is 0.603. The molecule has 25 heavy (non-hydrogen) atoms. The highest BCUT2D eigenvalue weighted by molar-refractivity contribution is 7.98. The number of hydrogen-bond acceptors (Lipinski definition) is 4. The highest BCUT2D eigenvalue weighted by Crippen LogP contribution is 2.40. The van der Waals surface area contributed by atoms with Crippen LogP contribution >= 0.6 is 35.0 Å². The zero-order valence-electron chi connectivity index (χ0n) is 13.5. The Balaban J connectivity index is 1.80. The van der Waals surface area contributed by atoms with Gasteiger partial charge in [-0.3, -0.25) is 0 Å². The zero-order valence-corrected chi connectivity index (χ0v) is 15.8. The third kappa shape index (κ3) is 3.24. The largest absolute Gasteiger partial charge is 0.347 e. The fourth-order valence-electron chi connectivity index (χ4n) is 3.18. The number of nitrogens with zero attached hydrogens (tertiary/aromatic N) is 3. The summed E-state index contributed by atoms with van der Waals surface area (Å²) in [5, 5.41) is 10.2. The molecule has 1 aliphatic heterocycles. The van der Waals surface area contributed by atoms with Gasteiger partial charge >= 0.3 is 0 Å². The van der Waals surface area contributed by atoms with Crippen LogP contribution in [0.2, 0.25) is 10.0 Å². The van der Waals surface area contributed by atoms with Gasteiger partial charge in [-0.25, -0.2) is 4.68 Å². The lowest BCUT2D eigenvalue weighted by molar-refractivity contribution is 0.427. The van der Waals surface area contributed by atoms with Crippen LogP contribution in [-0.4, -0.2) is 21.0 Å². The average molecular weight is 391 g/mol. The second kappa shape index (κ2) is 6.90. The first-order chi connectivity index (χ1) is 12.2. The molecule has 0 unspecified atom stereocenters. The lowest BCUT2D eigenvalue weighted by Crippen LogP contribution is -2.28. The summed E-state index contributed by atoms with van der Waals surface area (Å²) in [5.74, 6) is 0.764. The molecule has 0 spiro atoms. The van der Waals surface area contributed by atoms with E-state index in [-0.39, 0.29) is 12.1 Å². The molecule has 0 bridgehead atoms. The summed E-state index contributed by atoms with van der Waals surface area (Å²) >= 11 is 14.1. The van der Waals surface area contributed by atoms with Crippen molar-refractivity contribution in [2.75, 3.05) is 11.6 Å². The predicted molar refractivity (Wildman–Crippen MR) is 104 cm³/mol. The first kappa shape index (κ1) is 16.8. The maximum atomic E-state index is 6.49. The minimum atomic E-state index is -0.000349. The molecule has 1 aliphatic rings. The van der Waals surface area contributed by atoms with Gasteiger partial charge in [-0.2, -0.15) is 4.98 Å². The summed E-state index contributed by atoms with van der Waals surface area (Å²) in [4.78, 5) is 4.60. The van der Waals surface area contributed by atoms with Crippen LogP contribution in [-0.2, 0) is 0 Å². The van der Waals surface area contributed by atoms with E-state index in [1.54, 1.807) is 6.07 Å². The molecule has 128 valence electrons. The monoisotopic (exact) mass is 390 g/mol. The Morgan fingerprint density at radius 1 is 1.16 bits per heavy atom. The number of benzene rings is 2.